The SMILES string of the molecule is COC(=O)CC(CC(=O)OC)n1cc(NC(=O)c2ccc(SC)s2)cn1. The van der Waals surface area contributed by atoms with E-state index >= 15 is 0 Å². The molecule has 0 saturated carbocycles. The number of esters is 2. The van der Waals surface area contributed by atoms with Crippen molar-refractivity contribution in [3.05, 3.63) is 29.4 Å². The van der Waals surface area contributed by atoms with Crippen LogP contribution in [0.2, 0.25) is 0 Å². The van der Waals surface area contributed by atoms with E-state index in [0.29, 0.717) is 10.6 Å². The lowest BCUT2D eigenvalue weighted by Gasteiger charge is -2.15. The van der Waals surface area contributed by atoms with E-state index in [9.17, 15) is 14.4 Å². The number of thioether (sulfide) groups is 1. The van der Waals surface area contributed by atoms with Gasteiger partial charge in [0.1, 0.15) is 0 Å². The fourth-order valence-corrected chi connectivity index (χ4v) is 3.60. The summed E-state index contributed by atoms with van der Waals surface area (Å²) in [5, 5.41) is 6.90. The van der Waals surface area contributed by atoms with Gasteiger partial charge in [0.05, 0.1) is 54.1 Å². The van der Waals surface area contributed by atoms with Crippen LogP contribution in [0, 0.1) is 0 Å². The number of nitrogens with zero attached hydrogens (tertiary/aromatic N) is 2. The first kappa shape index (κ1) is 20.0. The third kappa shape index (κ3) is 5.33. The van der Waals surface area contributed by atoms with E-state index in [1.165, 1.54) is 36.4 Å². The Balaban J connectivity index is 2.10. The second-order valence-electron chi connectivity index (χ2n) is 5.20. The molecule has 26 heavy (non-hydrogen) atoms. The molecule has 0 bridgehead atoms. The van der Waals surface area contributed by atoms with E-state index < -0.39 is 18.0 Å². The maximum Gasteiger partial charge on any atom is 0.307 e. The van der Waals surface area contributed by atoms with Gasteiger partial charge in [-0.25, -0.2) is 0 Å². The number of nitrogens with one attached hydrogen (secondary N) is 1. The number of amides is 1. The van der Waals surface area contributed by atoms with Crippen LogP contribution in [0.25, 0.3) is 0 Å². The van der Waals surface area contributed by atoms with Crippen molar-refractivity contribution in [3.63, 3.8) is 0 Å². The van der Waals surface area contributed by atoms with Crippen LogP contribution < -0.4 is 5.32 Å². The summed E-state index contributed by atoms with van der Waals surface area (Å²) in [7, 11) is 2.55. The smallest absolute Gasteiger partial charge is 0.307 e. The van der Waals surface area contributed by atoms with E-state index in [4.69, 9.17) is 0 Å². The summed E-state index contributed by atoms with van der Waals surface area (Å²) in [6.07, 6.45) is 4.89. The highest BCUT2D eigenvalue weighted by molar-refractivity contribution is 8.00. The molecule has 0 aromatic carbocycles. The van der Waals surface area contributed by atoms with Gasteiger partial charge in [-0.05, 0) is 18.4 Å². The number of aromatic nitrogens is 2. The molecule has 0 fully saturated rings. The molecule has 1 amide bonds. The molecule has 10 heteroatoms. The zero-order chi connectivity index (χ0) is 19.1. The maximum absolute atomic E-state index is 12.3. The topological polar surface area (TPSA) is 99.5 Å². The Morgan fingerprint density at radius 2 is 1.88 bits per heavy atom. The largest absolute Gasteiger partial charge is 0.469 e. The number of carbonyl (C=O) groups is 3. The Bertz CT molecular complexity index is 768. The van der Waals surface area contributed by atoms with Gasteiger partial charge in [-0.3, -0.25) is 19.1 Å². The van der Waals surface area contributed by atoms with E-state index in [1.54, 1.807) is 24.0 Å². The summed E-state index contributed by atoms with van der Waals surface area (Å²) in [6.45, 7) is 0. The molecule has 1 N–H and O–H groups in total. The Labute approximate surface area is 158 Å². The van der Waals surface area contributed by atoms with Gasteiger partial charge in [0.2, 0.25) is 0 Å². The minimum atomic E-state index is -0.564. The van der Waals surface area contributed by atoms with Gasteiger partial charge in [0.15, 0.2) is 0 Å². The number of rotatable bonds is 8. The van der Waals surface area contributed by atoms with Crippen LogP contribution in [-0.4, -0.2) is 48.1 Å². The summed E-state index contributed by atoms with van der Waals surface area (Å²) in [6, 6.07) is 3.08. The third-order valence-electron chi connectivity index (χ3n) is 3.50. The first-order valence-electron chi connectivity index (χ1n) is 7.59. The fourth-order valence-electron chi connectivity index (χ4n) is 2.16. The average Bonchev–Trinajstić information content (AvgIpc) is 3.30. The fraction of sp³-hybridized carbons (Fsp3) is 0.375. The predicted octanol–water partition coefficient (Wildman–Crippen LogP) is 2.59. The van der Waals surface area contributed by atoms with Crippen molar-refractivity contribution in [2.75, 3.05) is 25.8 Å². The van der Waals surface area contributed by atoms with Gasteiger partial charge in [-0.2, -0.15) is 5.10 Å². The van der Waals surface area contributed by atoms with E-state index in [0.717, 1.165) is 4.21 Å². The van der Waals surface area contributed by atoms with Gasteiger partial charge in [-0.1, -0.05) is 0 Å². The Kier molecular flexibility index (Phi) is 7.22. The standard InChI is InChI=1S/C16H19N3O5S2/c1-23-13(20)6-11(7-14(21)24-2)19-9-10(8-17-19)18-16(22)12-4-5-15(25-3)26-12/h4-5,8-9,11H,6-7H2,1-3H3,(H,18,22). The van der Waals surface area contributed by atoms with Crippen molar-refractivity contribution in [1.29, 1.82) is 0 Å². The molecule has 0 aliphatic rings. The van der Waals surface area contributed by atoms with Gasteiger partial charge in [0.25, 0.3) is 5.91 Å². The number of anilines is 1. The number of ether oxygens (including phenoxy) is 2. The molecular formula is C16H19N3O5S2. The molecule has 2 aromatic heterocycles. The van der Waals surface area contributed by atoms with Crippen LogP contribution >= 0.6 is 23.1 Å². The molecule has 2 heterocycles. The minimum absolute atomic E-state index is 0.0390. The molecule has 2 aromatic rings. The van der Waals surface area contributed by atoms with E-state index in [2.05, 4.69) is 19.9 Å². The van der Waals surface area contributed by atoms with Crippen molar-refractivity contribution < 1.29 is 23.9 Å². The highest BCUT2D eigenvalue weighted by Crippen LogP contribution is 2.26. The molecule has 0 aliphatic heterocycles. The van der Waals surface area contributed by atoms with Crippen LogP contribution in [0.5, 0.6) is 0 Å². The minimum Gasteiger partial charge on any atom is -0.469 e. The monoisotopic (exact) mass is 397 g/mol. The number of hydrogen-bond donors (Lipinski definition) is 1. The lowest BCUT2D eigenvalue weighted by Crippen LogP contribution is -2.19. The molecule has 0 spiro atoms. The van der Waals surface area contributed by atoms with Crippen molar-refractivity contribution in [2.45, 2.75) is 23.1 Å². The van der Waals surface area contributed by atoms with Crippen molar-refractivity contribution in [1.82, 2.24) is 9.78 Å². The third-order valence-corrected chi connectivity index (χ3v) is 5.67. The van der Waals surface area contributed by atoms with E-state index in [-0.39, 0.29) is 18.7 Å². The Morgan fingerprint density at radius 1 is 1.23 bits per heavy atom. The zero-order valence-corrected chi connectivity index (χ0v) is 16.2. The summed E-state index contributed by atoms with van der Waals surface area (Å²) in [5.74, 6) is -1.18. The summed E-state index contributed by atoms with van der Waals surface area (Å²) >= 11 is 2.97. The van der Waals surface area contributed by atoms with Crippen LogP contribution in [0.1, 0.15) is 28.6 Å². The zero-order valence-electron chi connectivity index (χ0n) is 14.6. The van der Waals surface area contributed by atoms with Gasteiger partial charge >= 0.3 is 11.9 Å². The quantitative estimate of drug-likeness (QED) is 0.540. The lowest BCUT2D eigenvalue weighted by molar-refractivity contribution is -0.144. The normalized spacial score (nSPS) is 10.6. The molecule has 2 rings (SSSR count). The van der Waals surface area contributed by atoms with E-state index in [1.807, 2.05) is 12.3 Å². The first-order valence-corrected chi connectivity index (χ1v) is 9.64. The number of hydrogen-bond acceptors (Lipinski definition) is 8. The molecule has 0 aliphatic carbocycles. The van der Waals surface area contributed by atoms with Crippen molar-refractivity contribution in [3.8, 4) is 0 Å². The molecule has 0 radical (unpaired) electrons. The Hall–Kier alpha value is -2.33. The number of thiophene rings is 1. The Morgan fingerprint density at radius 3 is 2.42 bits per heavy atom. The van der Waals surface area contributed by atoms with Gasteiger partial charge in [-0.15, -0.1) is 23.1 Å². The molecule has 8 nitrogen and oxygen atoms in total. The molecule has 0 saturated heterocycles. The molecular weight excluding hydrogens is 378 g/mol. The predicted molar refractivity (Wildman–Crippen MR) is 98.6 cm³/mol. The van der Waals surface area contributed by atoms with Crippen LogP contribution in [-0.2, 0) is 19.1 Å². The van der Waals surface area contributed by atoms with Crippen molar-refractivity contribution >= 4 is 46.6 Å². The van der Waals surface area contributed by atoms with Crippen LogP contribution in [0.4, 0.5) is 5.69 Å². The number of methoxy groups -OCH3 is 2. The van der Waals surface area contributed by atoms with Crippen LogP contribution in [0.15, 0.2) is 28.7 Å². The van der Waals surface area contributed by atoms with Gasteiger partial charge < -0.3 is 14.8 Å². The molecule has 0 unspecified atom stereocenters. The van der Waals surface area contributed by atoms with Crippen molar-refractivity contribution in [2.24, 2.45) is 0 Å². The summed E-state index contributed by atoms with van der Waals surface area (Å²) < 4.78 is 11.8. The van der Waals surface area contributed by atoms with Gasteiger partial charge in [0, 0.05) is 6.20 Å². The summed E-state index contributed by atoms with van der Waals surface area (Å²) in [4.78, 5) is 36.0. The average molecular weight is 397 g/mol. The second-order valence-corrected chi connectivity index (χ2v) is 7.39. The summed E-state index contributed by atoms with van der Waals surface area (Å²) in [5.41, 5.74) is 0.467. The lowest BCUT2D eigenvalue weighted by atomic mass is 10.1. The highest BCUT2D eigenvalue weighted by atomic mass is 32.2. The number of carbonyl (C=O) groups excluding carboxylic acids is 3. The maximum atomic E-state index is 12.3. The second kappa shape index (κ2) is 9.39. The highest BCUT2D eigenvalue weighted by Gasteiger charge is 2.22. The van der Waals surface area contributed by atoms with Crippen LogP contribution in [0.3, 0.4) is 0 Å². The first-order chi connectivity index (χ1) is 12.5. The molecule has 0 atom stereocenters. The molecule has 140 valence electrons.